The summed E-state index contributed by atoms with van der Waals surface area (Å²) in [5.41, 5.74) is 3.91. The van der Waals surface area contributed by atoms with Crippen LogP contribution in [0.25, 0.3) is 10.9 Å². The third-order valence-electron chi connectivity index (χ3n) is 7.54. The van der Waals surface area contributed by atoms with Crippen LogP contribution in [0.1, 0.15) is 40.7 Å². The number of benzene rings is 2. The molecule has 1 aromatic heterocycles. The van der Waals surface area contributed by atoms with Crippen LogP contribution in [0.5, 0.6) is 0 Å². The molecule has 2 aromatic carbocycles. The first kappa shape index (κ1) is 26.1. The molecule has 0 radical (unpaired) electrons. The van der Waals surface area contributed by atoms with E-state index in [0.717, 1.165) is 80.9 Å². The molecule has 3 heterocycles. The van der Waals surface area contributed by atoms with Crippen molar-refractivity contribution in [2.75, 3.05) is 50.7 Å². The zero-order chi connectivity index (χ0) is 26.3. The minimum atomic E-state index is -0.167. The highest BCUT2D eigenvalue weighted by atomic mass is 16.2. The number of amides is 2. The number of likely N-dealkylation sites (tertiary alicyclic amines) is 1. The molecule has 0 unspecified atom stereocenters. The molecule has 2 aliphatic heterocycles. The normalized spacial score (nSPS) is 16.9. The monoisotopic (exact) mass is 514 g/mol. The van der Waals surface area contributed by atoms with Gasteiger partial charge in [0.05, 0.1) is 5.52 Å². The van der Waals surface area contributed by atoms with E-state index in [1.165, 1.54) is 5.56 Å². The van der Waals surface area contributed by atoms with Gasteiger partial charge >= 0.3 is 0 Å². The van der Waals surface area contributed by atoms with E-state index in [-0.39, 0.29) is 24.3 Å². The number of carbonyl (C=O) groups excluding carboxylic acids is 2. The maximum absolute atomic E-state index is 12.8. The molecule has 2 saturated heterocycles. The van der Waals surface area contributed by atoms with E-state index in [0.29, 0.717) is 12.1 Å². The molecule has 2 amide bonds. The number of aromatic nitrogens is 1. The van der Waals surface area contributed by atoms with Crippen LogP contribution in [-0.4, -0.2) is 73.6 Å². The maximum Gasteiger partial charge on any atom is 0.251 e. The van der Waals surface area contributed by atoms with Gasteiger partial charge in [-0.05, 0) is 55.2 Å². The number of hydrogen-bond acceptors (Lipinski definition) is 6. The fraction of sp³-hybridized carbons (Fsp3) is 0.433. The predicted molar refractivity (Wildman–Crippen MR) is 151 cm³/mol. The number of rotatable bonds is 8. The lowest BCUT2D eigenvalue weighted by Gasteiger charge is -2.32. The number of piperazine rings is 1. The fourth-order valence-corrected chi connectivity index (χ4v) is 5.34. The van der Waals surface area contributed by atoms with Gasteiger partial charge in [0.1, 0.15) is 5.82 Å². The molecule has 0 saturated carbocycles. The van der Waals surface area contributed by atoms with Crippen molar-refractivity contribution in [3.63, 3.8) is 0 Å². The zero-order valence-electron chi connectivity index (χ0n) is 22.2. The number of nitrogens with zero attached hydrogens (tertiary/aromatic N) is 3. The molecular formula is C30H38N6O2. The molecule has 2 fully saturated rings. The van der Waals surface area contributed by atoms with Crippen LogP contribution in [0.3, 0.4) is 0 Å². The third-order valence-corrected chi connectivity index (χ3v) is 7.54. The number of pyridine rings is 1. The summed E-state index contributed by atoms with van der Waals surface area (Å²) in [5.74, 6) is 0.812. The van der Waals surface area contributed by atoms with Crippen molar-refractivity contribution in [3.05, 3.63) is 71.3 Å². The summed E-state index contributed by atoms with van der Waals surface area (Å²) in [4.78, 5) is 34.8. The van der Waals surface area contributed by atoms with Gasteiger partial charge in [-0.1, -0.05) is 30.3 Å². The van der Waals surface area contributed by atoms with Crippen molar-refractivity contribution < 1.29 is 9.59 Å². The smallest absolute Gasteiger partial charge is 0.251 e. The molecule has 8 heteroatoms. The minimum Gasteiger partial charge on any atom is -0.354 e. The lowest BCUT2D eigenvalue weighted by atomic mass is 10.0. The van der Waals surface area contributed by atoms with Gasteiger partial charge in [0.25, 0.3) is 5.91 Å². The van der Waals surface area contributed by atoms with Gasteiger partial charge in [-0.15, -0.1) is 0 Å². The maximum atomic E-state index is 12.8. The highest BCUT2D eigenvalue weighted by Crippen LogP contribution is 2.24. The van der Waals surface area contributed by atoms with Gasteiger partial charge < -0.3 is 20.9 Å². The number of nitrogens with one attached hydrogen (secondary N) is 3. The summed E-state index contributed by atoms with van der Waals surface area (Å²) < 4.78 is 0. The molecule has 200 valence electrons. The largest absolute Gasteiger partial charge is 0.354 e. The van der Waals surface area contributed by atoms with Crippen molar-refractivity contribution in [3.8, 4) is 0 Å². The van der Waals surface area contributed by atoms with Crippen molar-refractivity contribution >= 4 is 28.5 Å². The third kappa shape index (κ3) is 6.68. The summed E-state index contributed by atoms with van der Waals surface area (Å²) >= 11 is 0. The molecule has 0 bridgehead atoms. The standard InChI is InChI=1S/C30H38N6O2/c1-22-19-28(36-17-13-31-14-18-36)34-27-8-7-24(20-26(22)27)30(38)32-12-9-29(37)33-25-10-15-35(16-11-25)21-23-5-3-2-4-6-23/h2-8,19-20,25,31H,9-18,21H2,1H3,(H,32,38)(H,33,37). The summed E-state index contributed by atoms with van der Waals surface area (Å²) in [6, 6.07) is 18.4. The molecule has 0 atom stereocenters. The van der Waals surface area contributed by atoms with Gasteiger partial charge in [0.15, 0.2) is 0 Å². The first-order valence-corrected chi connectivity index (χ1v) is 13.8. The summed E-state index contributed by atoms with van der Waals surface area (Å²) in [7, 11) is 0. The second kappa shape index (κ2) is 12.4. The Balaban J connectivity index is 1.07. The molecule has 0 aliphatic carbocycles. The van der Waals surface area contributed by atoms with E-state index in [1.54, 1.807) is 0 Å². The van der Waals surface area contributed by atoms with Crippen LogP contribution in [0.4, 0.5) is 5.82 Å². The molecule has 38 heavy (non-hydrogen) atoms. The second-order valence-electron chi connectivity index (χ2n) is 10.4. The lowest BCUT2D eigenvalue weighted by Crippen LogP contribution is -2.45. The molecule has 5 rings (SSSR count). The topological polar surface area (TPSA) is 89.6 Å². The van der Waals surface area contributed by atoms with Crippen molar-refractivity contribution in [2.45, 2.75) is 38.8 Å². The van der Waals surface area contributed by atoms with Crippen LogP contribution < -0.4 is 20.9 Å². The Kier molecular flexibility index (Phi) is 8.51. The lowest BCUT2D eigenvalue weighted by molar-refractivity contribution is -0.122. The van der Waals surface area contributed by atoms with Gasteiger partial charge in [0, 0.05) is 75.8 Å². The average Bonchev–Trinajstić information content (AvgIpc) is 2.95. The number of hydrogen-bond donors (Lipinski definition) is 3. The number of aryl methyl sites for hydroxylation is 1. The van der Waals surface area contributed by atoms with Crippen LogP contribution in [0.15, 0.2) is 54.6 Å². The van der Waals surface area contributed by atoms with Crippen molar-refractivity contribution in [1.29, 1.82) is 0 Å². The minimum absolute atomic E-state index is 0.00851. The number of anilines is 1. The van der Waals surface area contributed by atoms with Gasteiger partial charge in [-0.25, -0.2) is 4.98 Å². The van der Waals surface area contributed by atoms with E-state index in [1.807, 2.05) is 24.3 Å². The van der Waals surface area contributed by atoms with Gasteiger partial charge in [-0.3, -0.25) is 14.5 Å². The van der Waals surface area contributed by atoms with Crippen LogP contribution in [0.2, 0.25) is 0 Å². The van der Waals surface area contributed by atoms with E-state index < -0.39 is 0 Å². The molecular weight excluding hydrogens is 476 g/mol. The average molecular weight is 515 g/mol. The van der Waals surface area contributed by atoms with E-state index in [2.05, 4.69) is 63.0 Å². The van der Waals surface area contributed by atoms with Gasteiger partial charge in [-0.2, -0.15) is 0 Å². The summed E-state index contributed by atoms with van der Waals surface area (Å²) in [6.45, 7) is 9.09. The highest BCUT2D eigenvalue weighted by molar-refractivity contribution is 5.99. The Bertz CT molecular complexity index is 1250. The Morgan fingerprint density at radius 2 is 1.76 bits per heavy atom. The summed E-state index contributed by atoms with van der Waals surface area (Å²) in [6.07, 6.45) is 2.18. The van der Waals surface area contributed by atoms with Crippen LogP contribution in [-0.2, 0) is 11.3 Å². The first-order valence-electron chi connectivity index (χ1n) is 13.8. The quantitative estimate of drug-likeness (QED) is 0.428. The molecule has 2 aliphatic rings. The van der Waals surface area contributed by atoms with Crippen molar-refractivity contribution in [2.24, 2.45) is 0 Å². The number of carbonyl (C=O) groups is 2. The van der Waals surface area contributed by atoms with Crippen LogP contribution in [0, 0.1) is 6.92 Å². The zero-order valence-corrected chi connectivity index (χ0v) is 22.2. The Morgan fingerprint density at radius 1 is 1.00 bits per heavy atom. The fourth-order valence-electron chi connectivity index (χ4n) is 5.34. The number of fused-ring (bicyclic) bond motifs is 1. The van der Waals surface area contributed by atoms with Crippen LogP contribution >= 0.6 is 0 Å². The van der Waals surface area contributed by atoms with E-state index in [4.69, 9.17) is 4.98 Å². The Labute approximate surface area is 224 Å². The van der Waals surface area contributed by atoms with Crippen molar-refractivity contribution in [1.82, 2.24) is 25.8 Å². The Morgan fingerprint density at radius 3 is 2.53 bits per heavy atom. The first-order chi connectivity index (χ1) is 18.5. The van der Waals surface area contributed by atoms with Gasteiger partial charge in [0.2, 0.25) is 5.91 Å². The molecule has 3 aromatic rings. The molecule has 8 nitrogen and oxygen atoms in total. The van der Waals surface area contributed by atoms with E-state index in [9.17, 15) is 9.59 Å². The molecule has 3 N–H and O–H groups in total. The highest BCUT2D eigenvalue weighted by Gasteiger charge is 2.21. The second-order valence-corrected chi connectivity index (χ2v) is 10.4. The predicted octanol–water partition coefficient (Wildman–Crippen LogP) is 2.85. The number of piperidine rings is 1. The van der Waals surface area contributed by atoms with E-state index >= 15 is 0 Å². The summed E-state index contributed by atoms with van der Waals surface area (Å²) in [5, 5.41) is 10.4. The Hall–Kier alpha value is -3.49. The SMILES string of the molecule is Cc1cc(N2CCNCC2)nc2ccc(C(=O)NCCC(=O)NC3CCN(Cc4ccccc4)CC3)cc12. The molecule has 0 spiro atoms.